The SMILES string of the molecule is CC[C@@H](NC(=S)Nc1ccc(CSc2ccccc2)cc1)c1ccccc1. The largest absolute Gasteiger partial charge is 0.356 e. The molecule has 0 saturated heterocycles. The fraction of sp³-hybridized carbons (Fsp3) is 0.174. The first kappa shape index (κ1) is 19.5. The third-order valence-electron chi connectivity index (χ3n) is 4.28. The second-order valence-electron chi connectivity index (χ2n) is 6.27. The zero-order valence-electron chi connectivity index (χ0n) is 15.4. The van der Waals surface area contributed by atoms with Gasteiger partial charge in [-0.05, 0) is 54.0 Å². The summed E-state index contributed by atoms with van der Waals surface area (Å²) in [4.78, 5) is 1.29. The van der Waals surface area contributed by atoms with Crippen molar-refractivity contribution in [2.75, 3.05) is 5.32 Å². The van der Waals surface area contributed by atoms with Gasteiger partial charge in [0.25, 0.3) is 0 Å². The molecule has 0 spiro atoms. The molecular formula is C23H24N2S2. The number of thioether (sulfide) groups is 1. The average Bonchev–Trinajstić information content (AvgIpc) is 2.73. The lowest BCUT2D eigenvalue weighted by molar-refractivity contribution is 0.629. The van der Waals surface area contributed by atoms with Crippen LogP contribution in [0, 0.1) is 0 Å². The Labute approximate surface area is 171 Å². The van der Waals surface area contributed by atoms with Crippen LogP contribution in [-0.4, -0.2) is 5.11 Å². The molecule has 0 fully saturated rings. The van der Waals surface area contributed by atoms with Crippen LogP contribution in [0.25, 0.3) is 0 Å². The lowest BCUT2D eigenvalue weighted by Gasteiger charge is -2.20. The Morgan fingerprint density at radius 3 is 2.15 bits per heavy atom. The van der Waals surface area contributed by atoms with E-state index in [1.54, 1.807) is 0 Å². The van der Waals surface area contributed by atoms with E-state index < -0.39 is 0 Å². The maximum Gasteiger partial charge on any atom is 0.171 e. The summed E-state index contributed by atoms with van der Waals surface area (Å²) in [5, 5.41) is 7.35. The highest BCUT2D eigenvalue weighted by Crippen LogP contribution is 2.23. The van der Waals surface area contributed by atoms with E-state index in [1.807, 2.05) is 23.9 Å². The van der Waals surface area contributed by atoms with Crippen molar-refractivity contribution in [1.29, 1.82) is 0 Å². The predicted molar refractivity (Wildman–Crippen MR) is 121 cm³/mol. The summed E-state index contributed by atoms with van der Waals surface area (Å²) < 4.78 is 0. The van der Waals surface area contributed by atoms with Crippen LogP contribution in [-0.2, 0) is 5.75 Å². The van der Waals surface area contributed by atoms with E-state index in [1.165, 1.54) is 16.0 Å². The summed E-state index contributed by atoms with van der Waals surface area (Å²) in [6.45, 7) is 2.16. The summed E-state index contributed by atoms with van der Waals surface area (Å²) in [5.41, 5.74) is 3.55. The summed E-state index contributed by atoms with van der Waals surface area (Å²) in [5.74, 6) is 0.957. The second kappa shape index (κ2) is 10.1. The molecule has 0 aromatic heterocycles. The first-order chi connectivity index (χ1) is 13.2. The average molecular weight is 393 g/mol. The summed E-state index contributed by atoms with van der Waals surface area (Å²) in [6, 6.07) is 29.5. The van der Waals surface area contributed by atoms with Crippen molar-refractivity contribution < 1.29 is 0 Å². The lowest BCUT2D eigenvalue weighted by atomic mass is 10.1. The van der Waals surface area contributed by atoms with Crippen LogP contribution in [0.5, 0.6) is 0 Å². The van der Waals surface area contributed by atoms with Crippen molar-refractivity contribution in [2.24, 2.45) is 0 Å². The van der Waals surface area contributed by atoms with E-state index in [0.717, 1.165) is 17.9 Å². The highest BCUT2D eigenvalue weighted by Gasteiger charge is 2.10. The molecule has 2 nitrogen and oxygen atoms in total. The van der Waals surface area contributed by atoms with Crippen molar-refractivity contribution in [3.8, 4) is 0 Å². The molecule has 0 aliphatic carbocycles. The Bertz CT molecular complexity index is 833. The van der Waals surface area contributed by atoms with Gasteiger partial charge in [-0.2, -0.15) is 0 Å². The molecule has 2 N–H and O–H groups in total. The number of hydrogen-bond donors (Lipinski definition) is 2. The number of hydrogen-bond acceptors (Lipinski definition) is 2. The molecule has 27 heavy (non-hydrogen) atoms. The van der Waals surface area contributed by atoms with Gasteiger partial charge in [0.05, 0.1) is 6.04 Å². The Hall–Kier alpha value is -2.30. The van der Waals surface area contributed by atoms with Gasteiger partial charge in [0, 0.05) is 16.3 Å². The minimum Gasteiger partial charge on any atom is -0.356 e. The quantitative estimate of drug-likeness (QED) is 0.358. The number of anilines is 1. The molecule has 1 atom stereocenters. The highest BCUT2D eigenvalue weighted by atomic mass is 32.2. The number of thiocarbonyl (C=S) groups is 1. The van der Waals surface area contributed by atoms with Crippen molar-refractivity contribution in [2.45, 2.75) is 30.0 Å². The Morgan fingerprint density at radius 2 is 1.52 bits per heavy atom. The molecule has 0 bridgehead atoms. The Morgan fingerprint density at radius 1 is 0.889 bits per heavy atom. The van der Waals surface area contributed by atoms with E-state index in [9.17, 15) is 0 Å². The van der Waals surface area contributed by atoms with Crippen LogP contribution in [0.1, 0.15) is 30.5 Å². The fourth-order valence-electron chi connectivity index (χ4n) is 2.80. The van der Waals surface area contributed by atoms with Crippen molar-refractivity contribution in [3.05, 3.63) is 96.1 Å². The van der Waals surface area contributed by atoms with Crippen LogP contribution in [0.4, 0.5) is 5.69 Å². The van der Waals surface area contributed by atoms with Gasteiger partial charge in [-0.25, -0.2) is 0 Å². The first-order valence-corrected chi connectivity index (χ1v) is 10.5. The highest BCUT2D eigenvalue weighted by molar-refractivity contribution is 7.98. The zero-order valence-corrected chi connectivity index (χ0v) is 17.0. The van der Waals surface area contributed by atoms with Gasteiger partial charge >= 0.3 is 0 Å². The lowest BCUT2D eigenvalue weighted by Crippen LogP contribution is -2.32. The molecule has 0 aliphatic rings. The molecule has 0 aliphatic heterocycles. The maximum atomic E-state index is 5.50. The van der Waals surface area contributed by atoms with E-state index in [0.29, 0.717) is 5.11 Å². The van der Waals surface area contributed by atoms with Gasteiger partial charge in [0.15, 0.2) is 5.11 Å². The minimum absolute atomic E-state index is 0.216. The normalized spacial score (nSPS) is 11.6. The van der Waals surface area contributed by atoms with Crippen LogP contribution < -0.4 is 10.6 Å². The van der Waals surface area contributed by atoms with Gasteiger partial charge in [-0.1, -0.05) is 67.6 Å². The summed E-state index contributed by atoms with van der Waals surface area (Å²) in [6.07, 6.45) is 0.974. The van der Waals surface area contributed by atoms with E-state index in [4.69, 9.17) is 12.2 Å². The molecule has 0 radical (unpaired) electrons. The molecule has 3 aromatic carbocycles. The van der Waals surface area contributed by atoms with Gasteiger partial charge in [-0.15, -0.1) is 11.8 Å². The van der Waals surface area contributed by atoms with Crippen LogP contribution >= 0.6 is 24.0 Å². The zero-order chi connectivity index (χ0) is 18.9. The third-order valence-corrected chi connectivity index (χ3v) is 5.58. The second-order valence-corrected chi connectivity index (χ2v) is 7.73. The Balaban J connectivity index is 1.52. The summed E-state index contributed by atoms with van der Waals surface area (Å²) >= 11 is 7.34. The van der Waals surface area contributed by atoms with Gasteiger partial charge in [-0.3, -0.25) is 0 Å². The summed E-state index contributed by atoms with van der Waals surface area (Å²) in [7, 11) is 0. The van der Waals surface area contributed by atoms with Crippen molar-refractivity contribution in [3.63, 3.8) is 0 Å². The molecule has 0 saturated carbocycles. The van der Waals surface area contributed by atoms with Gasteiger partial charge < -0.3 is 10.6 Å². The maximum absolute atomic E-state index is 5.50. The van der Waals surface area contributed by atoms with Gasteiger partial charge in [0.1, 0.15) is 0 Å². The van der Waals surface area contributed by atoms with E-state index in [2.05, 4.69) is 90.4 Å². The standard InChI is InChI=1S/C23H24N2S2/c1-2-22(19-9-5-3-6-10-19)25-23(26)24-20-15-13-18(14-16-20)17-27-21-11-7-4-8-12-21/h3-16,22H,2,17H2,1H3,(H2,24,25,26)/t22-/m1/s1. The smallest absolute Gasteiger partial charge is 0.171 e. The van der Waals surface area contributed by atoms with Crippen LogP contribution in [0.2, 0.25) is 0 Å². The predicted octanol–water partition coefficient (Wildman–Crippen LogP) is 6.42. The number of rotatable bonds is 7. The van der Waals surface area contributed by atoms with Crippen LogP contribution in [0.15, 0.2) is 89.8 Å². The molecule has 3 aromatic rings. The van der Waals surface area contributed by atoms with Crippen molar-refractivity contribution >= 4 is 34.8 Å². The third kappa shape index (κ3) is 6.12. The monoisotopic (exact) mass is 392 g/mol. The molecular weight excluding hydrogens is 368 g/mol. The van der Waals surface area contributed by atoms with Crippen LogP contribution in [0.3, 0.4) is 0 Å². The van der Waals surface area contributed by atoms with E-state index >= 15 is 0 Å². The molecule has 0 unspecified atom stereocenters. The van der Waals surface area contributed by atoms with Gasteiger partial charge in [0.2, 0.25) is 0 Å². The molecule has 0 heterocycles. The topological polar surface area (TPSA) is 24.1 Å². The number of nitrogens with one attached hydrogen (secondary N) is 2. The van der Waals surface area contributed by atoms with E-state index in [-0.39, 0.29) is 6.04 Å². The minimum atomic E-state index is 0.216. The first-order valence-electron chi connectivity index (χ1n) is 9.14. The fourth-order valence-corrected chi connectivity index (χ4v) is 3.94. The Kier molecular flexibility index (Phi) is 7.31. The van der Waals surface area contributed by atoms with Crippen molar-refractivity contribution in [1.82, 2.24) is 5.32 Å². The molecule has 4 heteroatoms. The number of benzene rings is 3. The molecule has 0 amide bonds. The molecule has 3 rings (SSSR count). The molecule has 138 valence electrons.